The van der Waals surface area contributed by atoms with Crippen molar-refractivity contribution < 1.29 is 0 Å². The van der Waals surface area contributed by atoms with Crippen LogP contribution in [0.15, 0.2) is 152 Å². The van der Waals surface area contributed by atoms with E-state index in [1.54, 1.807) is 0 Å². The van der Waals surface area contributed by atoms with Crippen LogP contribution in [0.25, 0.3) is 50.6 Å². The Hall–Kier alpha value is -5.41. The first kappa shape index (κ1) is 30.0. The summed E-state index contributed by atoms with van der Waals surface area (Å²) in [4.78, 5) is 14.9. The summed E-state index contributed by atoms with van der Waals surface area (Å²) < 4.78 is 0. The molecule has 3 heteroatoms. The van der Waals surface area contributed by atoms with E-state index in [9.17, 15) is 0 Å². The second kappa shape index (κ2) is 13.4. The van der Waals surface area contributed by atoms with Crippen molar-refractivity contribution in [2.45, 2.75) is 50.4 Å². The van der Waals surface area contributed by atoms with Gasteiger partial charge in [0.1, 0.15) is 0 Å². The average molecular weight is 622 g/mol. The fraction of sp³-hybridized carbons (Fsp3) is 0.178. The zero-order valence-corrected chi connectivity index (χ0v) is 27.2. The largest absolute Gasteiger partial charge is 0.208 e. The Kier molecular flexibility index (Phi) is 8.34. The van der Waals surface area contributed by atoms with Crippen LogP contribution in [0, 0.1) is 0 Å². The van der Waals surface area contributed by atoms with E-state index in [4.69, 9.17) is 15.0 Å². The standard InChI is InChI=1S/C45H39N3/c1-5-14-33(15-6-1)38-20-13-21-39(32-38)34-22-26-40(27-23-34)45(30-11-4-12-31-45)41-28-24-37(25-29-41)44-47-42(35-16-7-2-8-17-35)46-43(48-44)36-18-9-3-10-19-36/h1-2,5-9,13-29,32H,3-4,10-12,30-31H2. The summed E-state index contributed by atoms with van der Waals surface area (Å²) in [6, 6.07) is 48.2. The maximum absolute atomic E-state index is 4.99. The van der Waals surface area contributed by atoms with E-state index in [2.05, 4.69) is 133 Å². The van der Waals surface area contributed by atoms with Crippen LogP contribution in [0.5, 0.6) is 0 Å². The summed E-state index contributed by atoms with van der Waals surface area (Å²) in [6.07, 6.45) is 14.7. The molecule has 6 aromatic rings. The molecule has 2 aliphatic rings. The molecular formula is C45H39N3. The lowest BCUT2D eigenvalue weighted by molar-refractivity contribution is 0.346. The van der Waals surface area contributed by atoms with Crippen molar-refractivity contribution >= 4 is 5.57 Å². The second-order valence-electron chi connectivity index (χ2n) is 13.1. The molecule has 0 bridgehead atoms. The van der Waals surface area contributed by atoms with Crippen LogP contribution < -0.4 is 0 Å². The molecule has 48 heavy (non-hydrogen) atoms. The third kappa shape index (κ3) is 6.04. The van der Waals surface area contributed by atoms with Crippen LogP contribution in [-0.2, 0) is 5.41 Å². The Morgan fingerprint density at radius 1 is 0.417 bits per heavy atom. The van der Waals surface area contributed by atoms with Gasteiger partial charge in [0.15, 0.2) is 17.5 Å². The predicted octanol–water partition coefficient (Wildman–Crippen LogP) is 11.5. The minimum atomic E-state index is -0.00163. The number of nitrogens with zero attached hydrogens (tertiary/aromatic N) is 3. The van der Waals surface area contributed by atoms with E-state index >= 15 is 0 Å². The number of rotatable bonds is 7. The molecule has 0 N–H and O–H groups in total. The van der Waals surface area contributed by atoms with Gasteiger partial charge in [0, 0.05) is 22.1 Å². The molecule has 1 heterocycles. The van der Waals surface area contributed by atoms with Gasteiger partial charge in [-0.15, -0.1) is 0 Å². The molecule has 3 nitrogen and oxygen atoms in total. The number of allylic oxidation sites excluding steroid dienone is 4. The van der Waals surface area contributed by atoms with Gasteiger partial charge < -0.3 is 0 Å². The van der Waals surface area contributed by atoms with Crippen LogP contribution in [0.4, 0.5) is 0 Å². The first-order valence-corrected chi connectivity index (χ1v) is 17.3. The molecule has 0 amide bonds. The van der Waals surface area contributed by atoms with Gasteiger partial charge in [0.25, 0.3) is 0 Å². The topological polar surface area (TPSA) is 38.7 Å². The molecule has 5 aromatic carbocycles. The van der Waals surface area contributed by atoms with Crippen molar-refractivity contribution in [2.75, 3.05) is 0 Å². The molecule has 1 saturated carbocycles. The van der Waals surface area contributed by atoms with Crippen LogP contribution in [0.3, 0.4) is 0 Å². The minimum absolute atomic E-state index is 0.00163. The smallest absolute Gasteiger partial charge is 0.164 e. The third-order valence-corrected chi connectivity index (χ3v) is 10.1. The third-order valence-electron chi connectivity index (χ3n) is 10.1. The summed E-state index contributed by atoms with van der Waals surface area (Å²) in [7, 11) is 0. The van der Waals surface area contributed by atoms with Crippen molar-refractivity contribution in [3.8, 4) is 45.0 Å². The number of aromatic nitrogens is 3. The van der Waals surface area contributed by atoms with Gasteiger partial charge >= 0.3 is 0 Å². The van der Waals surface area contributed by atoms with E-state index in [-0.39, 0.29) is 5.41 Å². The Balaban J connectivity index is 1.12. The molecule has 0 unspecified atom stereocenters. The van der Waals surface area contributed by atoms with Crippen molar-refractivity contribution in [3.63, 3.8) is 0 Å². The number of hydrogen-bond acceptors (Lipinski definition) is 3. The molecule has 234 valence electrons. The van der Waals surface area contributed by atoms with Crippen molar-refractivity contribution in [1.29, 1.82) is 0 Å². The normalized spacial score (nSPS) is 15.5. The highest BCUT2D eigenvalue weighted by Crippen LogP contribution is 2.45. The summed E-state index contributed by atoms with van der Waals surface area (Å²) in [6.45, 7) is 0. The maximum Gasteiger partial charge on any atom is 0.164 e. The van der Waals surface area contributed by atoms with E-state index in [1.165, 1.54) is 52.6 Å². The maximum atomic E-state index is 4.99. The van der Waals surface area contributed by atoms with Crippen molar-refractivity contribution in [1.82, 2.24) is 15.0 Å². The average Bonchev–Trinajstić information content (AvgIpc) is 3.19. The van der Waals surface area contributed by atoms with Crippen LogP contribution in [0.2, 0.25) is 0 Å². The van der Waals surface area contributed by atoms with Crippen molar-refractivity contribution in [2.24, 2.45) is 0 Å². The van der Waals surface area contributed by atoms with Gasteiger partial charge in [-0.1, -0.05) is 165 Å². The highest BCUT2D eigenvalue weighted by molar-refractivity contribution is 5.74. The fourth-order valence-corrected chi connectivity index (χ4v) is 7.46. The van der Waals surface area contributed by atoms with E-state index in [1.807, 2.05) is 18.2 Å². The Morgan fingerprint density at radius 3 is 1.50 bits per heavy atom. The van der Waals surface area contributed by atoms with Crippen molar-refractivity contribution in [3.05, 3.63) is 169 Å². The summed E-state index contributed by atoms with van der Waals surface area (Å²) in [5.41, 5.74) is 10.8. The molecule has 0 spiro atoms. The van der Waals surface area contributed by atoms with Crippen LogP contribution in [0.1, 0.15) is 61.9 Å². The highest BCUT2D eigenvalue weighted by atomic mass is 15.0. The zero-order valence-electron chi connectivity index (χ0n) is 27.2. The molecule has 0 atom stereocenters. The van der Waals surface area contributed by atoms with E-state index in [0.29, 0.717) is 11.6 Å². The lowest BCUT2D eigenvalue weighted by Crippen LogP contribution is -2.30. The van der Waals surface area contributed by atoms with Crippen LogP contribution in [-0.4, -0.2) is 15.0 Å². The van der Waals surface area contributed by atoms with E-state index in [0.717, 1.165) is 48.2 Å². The van der Waals surface area contributed by atoms with Gasteiger partial charge in [-0.3, -0.25) is 0 Å². The first-order chi connectivity index (χ1) is 23.7. The summed E-state index contributed by atoms with van der Waals surface area (Å²) in [5.74, 6) is 2.15. The van der Waals surface area contributed by atoms with Gasteiger partial charge in [-0.2, -0.15) is 0 Å². The quantitative estimate of drug-likeness (QED) is 0.178. The monoisotopic (exact) mass is 621 g/mol. The molecule has 1 fully saturated rings. The molecule has 0 aliphatic heterocycles. The number of hydrogen-bond donors (Lipinski definition) is 0. The SMILES string of the molecule is C1=CC(c2nc(-c3ccccc3)nc(-c3ccc(C4(c5ccc(-c6cccc(-c7ccccc7)c6)cc5)CCCCC4)cc3)n2)=CCC1. The lowest BCUT2D eigenvalue weighted by atomic mass is 9.65. The Labute approximate surface area is 283 Å². The molecular weight excluding hydrogens is 583 g/mol. The molecule has 8 rings (SSSR count). The molecule has 1 aromatic heterocycles. The second-order valence-corrected chi connectivity index (χ2v) is 13.1. The lowest BCUT2D eigenvalue weighted by Gasteiger charge is -2.39. The minimum Gasteiger partial charge on any atom is -0.208 e. The van der Waals surface area contributed by atoms with Gasteiger partial charge in [0.05, 0.1) is 0 Å². The summed E-state index contributed by atoms with van der Waals surface area (Å²) >= 11 is 0. The van der Waals surface area contributed by atoms with Gasteiger partial charge in [0.2, 0.25) is 0 Å². The Morgan fingerprint density at radius 2 is 0.917 bits per heavy atom. The molecule has 0 saturated heterocycles. The van der Waals surface area contributed by atoms with Crippen LogP contribution >= 0.6 is 0 Å². The zero-order chi connectivity index (χ0) is 32.2. The Bertz CT molecular complexity index is 2070. The molecule has 0 radical (unpaired) electrons. The highest BCUT2D eigenvalue weighted by Gasteiger charge is 2.35. The van der Waals surface area contributed by atoms with Gasteiger partial charge in [-0.25, -0.2) is 15.0 Å². The fourth-order valence-electron chi connectivity index (χ4n) is 7.46. The summed E-state index contributed by atoms with van der Waals surface area (Å²) in [5, 5.41) is 0. The number of benzene rings is 5. The van der Waals surface area contributed by atoms with Gasteiger partial charge in [-0.05, 0) is 65.1 Å². The van der Waals surface area contributed by atoms with E-state index < -0.39 is 0 Å². The predicted molar refractivity (Wildman–Crippen MR) is 198 cm³/mol. The molecule has 2 aliphatic carbocycles. The first-order valence-electron chi connectivity index (χ1n) is 17.3.